The van der Waals surface area contributed by atoms with Crippen LogP contribution in [0.15, 0.2) is 42.5 Å². The van der Waals surface area contributed by atoms with E-state index >= 15 is 0 Å². The van der Waals surface area contributed by atoms with E-state index in [1.807, 2.05) is 18.2 Å². The average Bonchev–Trinajstić information content (AvgIpc) is 2.84. The van der Waals surface area contributed by atoms with Gasteiger partial charge in [-0.05, 0) is 55.0 Å². The van der Waals surface area contributed by atoms with Crippen LogP contribution in [0.2, 0.25) is 10.0 Å². The number of rotatable bonds is 3. The fraction of sp³-hybridized carbons (Fsp3) is 0.318. The molecule has 1 N–H and O–H groups in total. The van der Waals surface area contributed by atoms with Gasteiger partial charge in [0.15, 0.2) is 0 Å². The zero-order valence-electron chi connectivity index (χ0n) is 15.6. The third kappa shape index (κ3) is 3.46. The smallest absolute Gasteiger partial charge is 0.133 e. The van der Waals surface area contributed by atoms with E-state index in [4.69, 9.17) is 28.3 Å². The summed E-state index contributed by atoms with van der Waals surface area (Å²) < 4.78 is 2.06. The van der Waals surface area contributed by atoms with Crippen molar-refractivity contribution < 1.29 is 0 Å². The van der Waals surface area contributed by atoms with Gasteiger partial charge < -0.3 is 5.32 Å². The molecule has 1 aliphatic heterocycles. The average molecular weight is 400 g/mol. The highest BCUT2D eigenvalue weighted by molar-refractivity contribution is 6.35. The van der Waals surface area contributed by atoms with E-state index in [1.54, 1.807) is 0 Å². The quantitative estimate of drug-likeness (QED) is 0.529. The molecule has 27 heavy (non-hydrogen) atoms. The van der Waals surface area contributed by atoms with Crippen LogP contribution in [-0.2, 0) is 6.42 Å². The third-order valence-electron chi connectivity index (χ3n) is 5.10. The second kappa shape index (κ2) is 7.57. The molecular formula is C22H23Cl2N3. The van der Waals surface area contributed by atoms with Gasteiger partial charge in [0.1, 0.15) is 5.82 Å². The van der Waals surface area contributed by atoms with E-state index in [2.05, 4.69) is 48.1 Å². The Bertz CT molecular complexity index is 976. The van der Waals surface area contributed by atoms with Crippen molar-refractivity contribution in [2.75, 3.05) is 11.9 Å². The summed E-state index contributed by atoms with van der Waals surface area (Å²) in [4.78, 5) is 0. The molecule has 0 atom stereocenters. The Kier molecular flexibility index (Phi) is 5.16. The van der Waals surface area contributed by atoms with Crippen LogP contribution < -0.4 is 5.32 Å². The normalized spacial score (nSPS) is 14.0. The zero-order chi connectivity index (χ0) is 19.0. The second-order valence-electron chi connectivity index (χ2n) is 7.31. The number of nitrogens with zero attached hydrogens (tertiary/aromatic N) is 2. The van der Waals surface area contributed by atoms with Crippen molar-refractivity contribution in [3.8, 4) is 16.9 Å². The minimum atomic E-state index is 0.407. The molecule has 1 aromatic heterocycles. The summed E-state index contributed by atoms with van der Waals surface area (Å²) in [6.45, 7) is 5.37. The molecule has 1 aliphatic rings. The lowest BCUT2D eigenvalue weighted by Gasteiger charge is -2.15. The molecule has 0 amide bonds. The number of halogens is 2. The van der Waals surface area contributed by atoms with Crippen molar-refractivity contribution in [3.05, 3.63) is 63.6 Å². The van der Waals surface area contributed by atoms with Crippen LogP contribution in [0.4, 0.5) is 5.82 Å². The van der Waals surface area contributed by atoms with Crippen molar-refractivity contribution in [1.29, 1.82) is 0 Å². The molecule has 140 valence electrons. The number of nitrogens with one attached hydrogen (secondary N) is 1. The first kappa shape index (κ1) is 18.4. The number of hydrogen-bond acceptors (Lipinski definition) is 2. The highest BCUT2D eigenvalue weighted by Crippen LogP contribution is 2.39. The van der Waals surface area contributed by atoms with Crippen LogP contribution in [0.3, 0.4) is 0 Å². The Hall–Kier alpha value is -1.97. The first-order valence-electron chi connectivity index (χ1n) is 9.46. The van der Waals surface area contributed by atoms with E-state index in [-0.39, 0.29) is 0 Å². The lowest BCUT2D eigenvalue weighted by atomic mass is 10.0. The summed E-state index contributed by atoms with van der Waals surface area (Å²) in [5.74, 6) is 1.48. The van der Waals surface area contributed by atoms with Gasteiger partial charge >= 0.3 is 0 Å². The van der Waals surface area contributed by atoms with Crippen LogP contribution in [0.25, 0.3) is 16.9 Å². The van der Waals surface area contributed by atoms with Crippen LogP contribution in [0, 0.1) is 0 Å². The molecule has 3 aromatic rings. The fourth-order valence-corrected chi connectivity index (χ4v) is 4.12. The van der Waals surface area contributed by atoms with Gasteiger partial charge in [0.2, 0.25) is 0 Å². The Morgan fingerprint density at radius 1 is 1.07 bits per heavy atom. The molecule has 0 unspecified atom stereocenters. The Balaban J connectivity index is 1.97. The lowest BCUT2D eigenvalue weighted by molar-refractivity contribution is 0.776. The van der Waals surface area contributed by atoms with Crippen molar-refractivity contribution in [3.63, 3.8) is 0 Å². The monoisotopic (exact) mass is 399 g/mol. The molecule has 5 heteroatoms. The first-order chi connectivity index (χ1) is 13.1. The molecular weight excluding hydrogens is 377 g/mol. The number of benzene rings is 2. The van der Waals surface area contributed by atoms with Gasteiger partial charge in [0.25, 0.3) is 0 Å². The van der Waals surface area contributed by atoms with Gasteiger partial charge in [0, 0.05) is 22.7 Å². The van der Waals surface area contributed by atoms with E-state index in [9.17, 15) is 0 Å². The maximum absolute atomic E-state index is 6.52. The van der Waals surface area contributed by atoms with E-state index in [1.165, 1.54) is 11.1 Å². The van der Waals surface area contributed by atoms with Gasteiger partial charge in [-0.1, -0.05) is 55.2 Å². The highest BCUT2D eigenvalue weighted by atomic mass is 35.5. The molecule has 0 aliphatic carbocycles. The molecule has 0 saturated carbocycles. The number of aromatic nitrogens is 2. The summed E-state index contributed by atoms with van der Waals surface area (Å²) in [7, 11) is 0. The maximum Gasteiger partial charge on any atom is 0.133 e. The fourth-order valence-electron chi connectivity index (χ4n) is 3.74. The van der Waals surface area contributed by atoms with Gasteiger partial charge in [-0.25, -0.2) is 4.68 Å². The molecule has 2 heterocycles. The Morgan fingerprint density at radius 2 is 1.89 bits per heavy atom. The summed E-state index contributed by atoms with van der Waals surface area (Å²) in [6.07, 6.45) is 3.25. The van der Waals surface area contributed by atoms with Gasteiger partial charge in [-0.2, -0.15) is 5.10 Å². The topological polar surface area (TPSA) is 29.9 Å². The standard InChI is InChI=1S/C22H23Cl2N3/c1-14(2)16-7-3-4-9-20(16)27-22-17(8-5-6-12-25-22)21(26-27)18-13-15(23)10-11-19(18)24/h3-4,7,9-11,13-14,25H,5-6,8,12H2,1-2H3. The minimum absolute atomic E-state index is 0.407. The van der Waals surface area contributed by atoms with Crippen molar-refractivity contribution in [1.82, 2.24) is 9.78 Å². The summed E-state index contributed by atoms with van der Waals surface area (Å²) >= 11 is 12.8. The molecule has 2 aromatic carbocycles. The molecule has 0 saturated heterocycles. The van der Waals surface area contributed by atoms with Crippen molar-refractivity contribution >= 4 is 29.0 Å². The van der Waals surface area contributed by atoms with Crippen LogP contribution >= 0.6 is 23.2 Å². The van der Waals surface area contributed by atoms with Crippen LogP contribution in [0.1, 0.15) is 43.7 Å². The minimum Gasteiger partial charge on any atom is -0.370 e. The van der Waals surface area contributed by atoms with Gasteiger partial charge in [0.05, 0.1) is 16.4 Å². The van der Waals surface area contributed by atoms with Crippen LogP contribution in [-0.4, -0.2) is 16.3 Å². The zero-order valence-corrected chi connectivity index (χ0v) is 17.1. The third-order valence-corrected chi connectivity index (χ3v) is 5.66. The van der Waals surface area contributed by atoms with Gasteiger partial charge in [-0.3, -0.25) is 0 Å². The van der Waals surface area contributed by atoms with E-state index in [0.29, 0.717) is 16.0 Å². The second-order valence-corrected chi connectivity index (χ2v) is 8.15. The van der Waals surface area contributed by atoms with Gasteiger partial charge in [-0.15, -0.1) is 0 Å². The summed E-state index contributed by atoms with van der Waals surface area (Å²) in [5, 5.41) is 9.98. The van der Waals surface area contributed by atoms with Crippen molar-refractivity contribution in [2.45, 2.75) is 39.0 Å². The van der Waals surface area contributed by atoms with E-state index < -0.39 is 0 Å². The molecule has 0 radical (unpaired) electrons. The Morgan fingerprint density at radius 3 is 2.70 bits per heavy atom. The lowest BCUT2D eigenvalue weighted by Crippen LogP contribution is -2.09. The molecule has 0 spiro atoms. The van der Waals surface area contributed by atoms with Crippen molar-refractivity contribution in [2.24, 2.45) is 0 Å². The molecule has 4 rings (SSSR count). The summed E-state index contributed by atoms with van der Waals surface area (Å²) in [5.41, 5.74) is 5.42. The predicted octanol–water partition coefficient (Wildman–Crippen LogP) is 6.72. The highest BCUT2D eigenvalue weighted by Gasteiger charge is 2.24. The first-order valence-corrected chi connectivity index (χ1v) is 10.2. The number of fused-ring (bicyclic) bond motifs is 1. The number of para-hydroxylation sites is 1. The largest absolute Gasteiger partial charge is 0.370 e. The maximum atomic E-state index is 6.52. The predicted molar refractivity (Wildman–Crippen MR) is 115 cm³/mol. The van der Waals surface area contributed by atoms with Crippen LogP contribution in [0.5, 0.6) is 0 Å². The Labute approximate surface area is 170 Å². The van der Waals surface area contributed by atoms with E-state index in [0.717, 1.165) is 48.6 Å². The molecule has 0 fully saturated rings. The molecule has 0 bridgehead atoms. The number of anilines is 1. The summed E-state index contributed by atoms with van der Waals surface area (Å²) in [6, 6.07) is 14.0. The SMILES string of the molecule is CC(C)c1ccccc1-n1nc(-c2cc(Cl)ccc2Cl)c2c1NCCCC2. The number of hydrogen-bond donors (Lipinski definition) is 1. The molecule has 3 nitrogen and oxygen atoms in total.